The number of aromatic amines is 1. The summed E-state index contributed by atoms with van der Waals surface area (Å²) in [5.41, 5.74) is 4.61. The highest BCUT2D eigenvalue weighted by Crippen LogP contribution is 2.39. The molecule has 9 nitrogen and oxygen atoms in total. The van der Waals surface area contributed by atoms with Gasteiger partial charge in [0.15, 0.2) is 17.2 Å². The first kappa shape index (κ1) is 30.8. The van der Waals surface area contributed by atoms with E-state index in [1.807, 2.05) is 30.3 Å². The van der Waals surface area contributed by atoms with Crippen LogP contribution in [0, 0.1) is 5.82 Å². The number of ether oxygens (including phenoxy) is 4. The topological polar surface area (TPSA) is 111 Å². The van der Waals surface area contributed by atoms with E-state index in [4.69, 9.17) is 18.9 Å². The number of hydrogen-bond acceptors (Lipinski definition) is 7. The fourth-order valence-electron chi connectivity index (χ4n) is 4.61. The van der Waals surface area contributed by atoms with Crippen molar-refractivity contribution in [2.24, 2.45) is 5.10 Å². The fourth-order valence-corrected chi connectivity index (χ4v) is 5.95. The SMILES string of the molecule is COc1cc(C(=O)Oc2c(Br)cc(Br)cc2C=NNC(=O)c2[nH]c3c(F)cccc3c2-c2ccccc2)cc(OC)c1OC. The second kappa shape index (κ2) is 13.3. The molecule has 0 fully saturated rings. The molecule has 1 aromatic heterocycles. The smallest absolute Gasteiger partial charge is 0.343 e. The van der Waals surface area contributed by atoms with E-state index in [9.17, 15) is 14.0 Å². The molecule has 5 aromatic rings. The van der Waals surface area contributed by atoms with Crippen LogP contribution >= 0.6 is 31.9 Å². The number of amides is 1. The third kappa shape index (κ3) is 6.17. The zero-order valence-electron chi connectivity index (χ0n) is 23.5. The van der Waals surface area contributed by atoms with Crippen LogP contribution in [-0.4, -0.2) is 44.4 Å². The van der Waals surface area contributed by atoms with Crippen molar-refractivity contribution in [1.29, 1.82) is 0 Å². The molecule has 1 heterocycles. The zero-order chi connectivity index (χ0) is 31.4. The van der Waals surface area contributed by atoms with Gasteiger partial charge in [0.25, 0.3) is 5.91 Å². The van der Waals surface area contributed by atoms with E-state index >= 15 is 0 Å². The van der Waals surface area contributed by atoms with Crippen LogP contribution in [0.25, 0.3) is 22.0 Å². The number of nitrogens with one attached hydrogen (secondary N) is 2. The number of carbonyl (C=O) groups excluding carboxylic acids is 2. The molecule has 44 heavy (non-hydrogen) atoms. The Kier molecular flexibility index (Phi) is 9.31. The van der Waals surface area contributed by atoms with Crippen molar-refractivity contribution in [2.45, 2.75) is 0 Å². The molecule has 2 N–H and O–H groups in total. The number of hydrazone groups is 1. The molecular weight excluding hydrogens is 701 g/mol. The Labute approximate surface area is 268 Å². The maximum Gasteiger partial charge on any atom is 0.343 e. The number of fused-ring (bicyclic) bond motifs is 1. The van der Waals surface area contributed by atoms with E-state index in [0.29, 0.717) is 31.2 Å². The summed E-state index contributed by atoms with van der Waals surface area (Å²) in [6, 6.07) is 20.1. The van der Waals surface area contributed by atoms with Crippen molar-refractivity contribution in [3.63, 3.8) is 0 Å². The molecule has 0 aliphatic rings. The zero-order valence-corrected chi connectivity index (χ0v) is 26.7. The van der Waals surface area contributed by atoms with Crippen LogP contribution in [0.2, 0.25) is 0 Å². The summed E-state index contributed by atoms with van der Waals surface area (Å²) in [5, 5.41) is 4.68. The quantitative estimate of drug-likeness (QED) is 0.0705. The number of esters is 1. The van der Waals surface area contributed by atoms with E-state index in [0.717, 1.165) is 5.56 Å². The predicted octanol–water partition coefficient (Wildman–Crippen LogP) is 7.51. The number of nitrogens with zero attached hydrogens (tertiary/aromatic N) is 1. The van der Waals surface area contributed by atoms with Crippen LogP contribution < -0.4 is 24.4 Å². The highest BCUT2D eigenvalue weighted by Gasteiger charge is 2.22. The van der Waals surface area contributed by atoms with Crippen molar-refractivity contribution < 1.29 is 32.9 Å². The first-order valence-electron chi connectivity index (χ1n) is 13.0. The number of rotatable bonds is 9. The molecule has 0 saturated heterocycles. The van der Waals surface area contributed by atoms with Gasteiger partial charge in [0.05, 0.1) is 43.1 Å². The molecule has 0 bridgehead atoms. The number of methoxy groups -OCH3 is 3. The molecule has 0 unspecified atom stereocenters. The van der Waals surface area contributed by atoms with Gasteiger partial charge in [-0.05, 0) is 51.8 Å². The van der Waals surface area contributed by atoms with Crippen molar-refractivity contribution >= 4 is 60.9 Å². The molecular formula is C32H24Br2FN3O6. The van der Waals surface area contributed by atoms with Crippen molar-refractivity contribution in [3.8, 4) is 34.1 Å². The summed E-state index contributed by atoms with van der Waals surface area (Å²) in [4.78, 5) is 29.5. The highest BCUT2D eigenvalue weighted by molar-refractivity contribution is 9.11. The van der Waals surface area contributed by atoms with Crippen molar-refractivity contribution in [2.75, 3.05) is 21.3 Å². The Bertz CT molecular complexity index is 1880. The van der Waals surface area contributed by atoms with Gasteiger partial charge in [0.2, 0.25) is 5.75 Å². The highest BCUT2D eigenvalue weighted by atomic mass is 79.9. The summed E-state index contributed by atoms with van der Waals surface area (Å²) in [6.45, 7) is 0. The number of para-hydroxylation sites is 1. The summed E-state index contributed by atoms with van der Waals surface area (Å²) in [5.74, 6) is -0.760. The molecule has 0 aliphatic carbocycles. The second-order valence-electron chi connectivity index (χ2n) is 9.21. The monoisotopic (exact) mass is 723 g/mol. The number of hydrogen-bond donors (Lipinski definition) is 2. The third-order valence-electron chi connectivity index (χ3n) is 6.57. The van der Waals surface area contributed by atoms with Gasteiger partial charge in [-0.2, -0.15) is 5.10 Å². The standard InChI is InChI=1S/C32H24Br2FN3O6/c1-41-24-13-18(14-25(42-2)30(24)43-3)32(40)44-29-19(12-20(33)15-22(29)34)16-36-38-31(39)28-26(17-8-5-4-6-9-17)21-10-7-11-23(35)27(21)37-28/h4-16,37H,1-3H3,(H,38,39). The lowest BCUT2D eigenvalue weighted by molar-refractivity contribution is 0.0732. The van der Waals surface area contributed by atoms with Crippen LogP contribution in [0.1, 0.15) is 26.4 Å². The number of H-pyrrole nitrogens is 1. The molecule has 5 rings (SSSR count). The summed E-state index contributed by atoms with van der Waals surface area (Å²) in [7, 11) is 4.34. The summed E-state index contributed by atoms with van der Waals surface area (Å²) < 4.78 is 37.5. The number of benzene rings is 4. The van der Waals surface area contributed by atoms with Gasteiger partial charge in [-0.3, -0.25) is 4.79 Å². The molecule has 1 amide bonds. The van der Waals surface area contributed by atoms with Gasteiger partial charge >= 0.3 is 5.97 Å². The summed E-state index contributed by atoms with van der Waals surface area (Å²) >= 11 is 6.86. The Morgan fingerprint density at radius 1 is 0.886 bits per heavy atom. The molecule has 0 aliphatic heterocycles. The van der Waals surface area contributed by atoms with E-state index in [-0.39, 0.29) is 34.0 Å². The normalized spacial score (nSPS) is 11.0. The third-order valence-corrected chi connectivity index (χ3v) is 7.62. The Morgan fingerprint density at radius 2 is 1.59 bits per heavy atom. The number of carbonyl (C=O) groups is 2. The van der Waals surface area contributed by atoms with E-state index in [1.165, 1.54) is 45.7 Å². The molecule has 0 radical (unpaired) electrons. The lowest BCUT2D eigenvalue weighted by Crippen LogP contribution is -2.19. The molecule has 224 valence electrons. The molecule has 0 spiro atoms. The fraction of sp³-hybridized carbons (Fsp3) is 0.0938. The predicted molar refractivity (Wildman–Crippen MR) is 172 cm³/mol. The van der Waals surface area contributed by atoms with Gasteiger partial charge in [-0.15, -0.1) is 0 Å². The van der Waals surface area contributed by atoms with Crippen LogP contribution in [0.15, 0.2) is 86.8 Å². The van der Waals surface area contributed by atoms with Crippen LogP contribution in [0.3, 0.4) is 0 Å². The molecule has 4 aromatic carbocycles. The molecule has 0 saturated carbocycles. The van der Waals surface area contributed by atoms with E-state index in [1.54, 1.807) is 24.3 Å². The average Bonchev–Trinajstić information content (AvgIpc) is 3.43. The van der Waals surface area contributed by atoms with Gasteiger partial charge in [0, 0.05) is 21.0 Å². The van der Waals surface area contributed by atoms with Crippen LogP contribution in [0.4, 0.5) is 4.39 Å². The van der Waals surface area contributed by atoms with Gasteiger partial charge in [-0.25, -0.2) is 14.6 Å². The Morgan fingerprint density at radius 3 is 2.25 bits per heavy atom. The average molecular weight is 725 g/mol. The lowest BCUT2D eigenvalue weighted by Gasteiger charge is -2.15. The van der Waals surface area contributed by atoms with Crippen LogP contribution in [0.5, 0.6) is 23.0 Å². The minimum atomic E-state index is -0.710. The van der Waals surface area contributed by atoms with Gasteiger partial charge in [-0.1, -0.05) is 58.4 Å². The summed E-state index contributed by atoms with van der Waals surface area (Å²) in [6.07, 6.45) is 1.33. The first-order valence-corrected chi connectivity index (χ1v) is 14.5. The number of aromatic nitrogens is 1. The van der Waals surface area contributed by atoms with Gasteiger partial charge in [0.1, 0.15) is 11.5 Å². The minimum Gasteiger partial charge on any atom is -0.493 e. The lowest BCUT2D eigenvalue weighted by atomic mass is 10.0. The minimum absolute atomic E-state index is 0.137. The maximum atomic E-state index is 14.6. The Balaban J connectivity index is 1.44. The first-order chi connectivity index (χ1) is 21.2. The Hall–Kier alpha value is -4.68. The maximum absolute atomic E-state index is 14.6. The van der Waals surface area contributed by atoms with Crippen LogP contribution in [-0.2, 0) is 0 Å². The molecule has 12 heteroatoms. The largest absolute Gasteiger partial charge is 0.493 e. The second-order valence-corrected chi connectivity index (χ2v) is 11.0. The van der Waals surface area contributed by atoms with E-state index < -0.39 is 17.7 Å². The number of halogens is 3. The van der Waals surface area contributed by atoms with Crippen molar-refractivity contribution in [3.05, 3.63) is 104 Å². The molecule has 0 atom stereocenters. The van der Waals surface area contributed by atoms with Crippen molar-refractivity contribution in [1.82, 2.24) is 10.4 Å². The van der Waals surface area contributed by atoms with E-state index in [2.05, 4.69) is 47.4 Å². The van der Waals surface area contributed by atoms with Gasteiger partial charge < -0.3 is 23.9 Å².